The minimum atomic E-state index is -4.09. The molecular weight excluding hydrogens is 737 g/mol. The monoisotopic (exact) mass is 786 g/mol. The Morgan fingerprint density at radius 3 is 2.29 bits per heavy atom. The van der Waals surface area contributed by atoms with E-state index in [0.29, 0.717) is 51.3 Å². The molecule has 0 radical (unpaired) electrons. The summed E-state index contributed by atoms with van der Waals surface area (Å²) < 4.78 is 37.2. The molecule has 0 saturated heterocycles. The highest BCUT2D eigenvalue weighted by molar-refractivity contribution is 7.85. The van der Waals surface area contributed by atoms with Crippen LogP contribution in [0.1, 0.15) is 31.4 Å². The van der Waals surface area contributed by atoms with Crippen LogP contribution in [-0.2, 0) is 32.5 Å². The van der Waals surface area contributed by atoms with E-state index in [0.717, 1.165) is 64.8 Å². The number of carbonyl (C=O) groups is 1. The first-order valence-corrected chi connectivity index (χ1v) is 20.9. The molecule has 0 atom stereocenters. The Hall–Kier alpha value is -4.63. The van der Waals surface area contributed by atoms with Crippen LogP contribution in [0.3, 0.4) is 0 Å². The third kappa shape index (κ3) is 11.9. The highest BCUT2D eigenvalue weighted by atomic mass is 32.2. The minimum absolute atomic E-state index is 0.0730. The summed E-state index contributed by atoms with van der Waals surface area (Å²) >= 11 is 1.12. The second-order valence-corrected chi connectivity index (χ2v) is 15.5. The molecule has 0 aliphatic rings. The molecule has 4 N–H and O–H groups in total. The lowest BCUT2D eigenvalue weighted by Gasteiger charge is -2.27. The van der Waals surface area contributed by atoms with Gasteiger partial charge in [0, 0.05) is 26.2 Å². The largest absolute Gasteiger partial charge is 0.506 e. The van der Waals surface area contributed by atoms with Gasteiger partial charge in [-0.05, 0) is 83.3 Å². The van der Waals surface area contributed by atoms with Gasteiger partial charge in [-0.3, -0.25) is 14.1 Å². The number of hydrogen-bond donors (Lipinski definition) is 4. The zero-order valence-corrected chi connectivity index (χ0v) is 33.0. The number of rotatable bonds is 18. The number of amides is 1. The summed E-state index contributed by atoms with van der Waals surface area (Å²) in [4.78, 5) is 31.6. The van der Waals surface area contributed by atoms with Gasteiger partial charge < -0.3 is 29.9 Å². The number of likely N-dealkylation sites (N-methyl/N-ethyl adjacent to an activating group) is 1. The molecule has 292 valence electrons. The van der Waals surface area contributed by atoms with Crippen molar-refractivity contribution < 1.29 is 27.6 Å². The van der Waals surface area contributed by atoms with Gasteiger partial charge in [0.2, 0.25) is 5.91 Å². The molecule has 0 unspecified atom stereocenters. The van der Waals surface area contributed by atoms with Gasteiger partial charge in [0.1, 0.15) is 11.3 Å². The number of hydrogen-bond acceptors (Lipinski definition) is 9. The predicted octanol–water partition coefficient (Wildman–Crippen LogP) is 6.49. The number of H-pyrrole nitrogens is 1. The Morgan fingerprint density at radius 2 is 1.53 bits per heavy atom. The van der Waals surface area contributed by atoms with E-state index in [4.69, 9.17) is 9.29 Å². The lowest BCUT2D eigenvalue weighted by Crippen LogP contribution is -2.42. The molecule has 1 heterocycles. The van der Waals surface area contributed by atoms with Gasteiger partial charge in [-0.2, -0.15) is 8.42 Å². The maximum absolute atomic E-state index is 13.2. The average molecular weight is 787 g/mol. The standard InChI is InChI=1S/C32H42N4O4S.C10H8O3S/c1-3-35(4-2)20-21-36(19-18-33-17-14-26-12-13-28(37)30-31(26)41-32(39)34-30)29(38)16-23-40-22-15-25-10-7-9-24-8-5-6-11-27(24)25;11-14(12,13)10-6-5-8-3-1-2-4-9(8)7-10/h5-13,33,37H,3-4,14-23H2,1-2H3,(H,34,39);1-7H,(H,11,12,13). The Labute approximate surface area is 326 Å². The first-order chi connectivity index (χ1) is 26.6. The molecule has 1 aromatic heterocycles. The number of aromatic nitrogens is 1. The van der Waals surface area contributed by atoms with Crippen LogP contribution in [0.5, 0.6) is 5.75 Å². The molecule has 0 bridgehead atoms. The number of aromatic amines is 1. The average Bonchev–Trinajstić information content (AvgIpc) is 3.60. The Bertz CT molecular complexity index is 2330. The summed E-state index contributed by atoms with van der Waals surface area (Å²) in [7, 11) is -4.09. The first-order valence-electron chi connectivity index (χ1n) is 18.6. The molecule has 13 heteroatoms. The van der Waals surface area contributed by atoms with E-state index in [2.05, 4.69) is 71.5 Å². The van der Waals surface area contributed by atoms with Crippen LogP contribution in [0.25, 0.3) is 31.8 Å². The minimum Gasteiger partial charge on any atom is -0.506 e. The van der Waals surface area contributed by atoms with E-state index in [1.807, 2.05) is 29.2 Å². The maximum Gasteiger partial charge on any atom is 0.305 e. The van der Waals surface area contributed by atoms with E-state index < -0.39 is 10.1 Å². The van der Waals surface area contributed by atoms with Crippen LogP contribution in [0.2, 0.25) is 0 Å². The molecule has 11 nitrogen and oxygen atoms in total. The van der Waals surface area contributed by atoms with Gasteiger partial charge in [0.15, 0.2) is 0 Å². The number of nitrogens with zero attached hydrogens (tertiary/aromatic N) is 2. The van der Waals surface area contributed by atoms with Gasteiger partial charge in [-0.1, -0.05) is 104 Å². The summed E-state index contributed by atoms with van der Waals surface area (Å²) in [5.74, 6) is 0.205. The molecular formula is C42H50N4O7S2. The van der Waals surface area contributed by atoms with Gasteiger partial charge >= 0.3 is 4.87 Å². The fourth-order valence-corrected chi connectivity index (χ4v) is 7.85. The SMILES string of the molecule is CCN(CC)CCN(CCNCCc1ccc(O)c2[nH]c(=O)sc12)C(=O)CCOCCc1cccc2ccccc12.O=S(=O)(O)c1ccc2ccccc2c1. The van der Waals surface area contributed by atoms with E-state index in [1.165, 1.54) is 28.5 Å². The van der Waals surface area contributed by atoms with Gasteiger partial charge in [0.25, 0.3) is 10.1 Å². The van der Waals surface area contributed by atoms with Crippen molar-refractivity contribution in [3.05, 3.63) is 118 Å². The van der Waals surface area contributed by atoms with E-state index in [1.54, 1.807) is 18.2 Å². The molecule has 0 aliphatic carbocycles. The Balaban J connectivity index is 0.000000345. The van der Waals surface area contributed by atoms with Gasteiger partial charge in [-0.15, -0.1) is 0 Å². The van der Waals surface area contributed by atoms with Crippen LogP contribution < -0.4 is 10.2 Å². The van der Waals surface area contributed by atoms with Crippen molar-refractivity contribution in [1.82, 2.24) is 20.1 Å². The molecule has 55 heavy (non-hydrogen) atoms. The second-order valence-electron chi connectivity index (χ2n) is 13.1. The van der Waals surface area contributed by atoms with Crippen LogP contribution in [0.15, 0.2) is 107 Å². The molecule has 0 aliphatic heterocycles. The van der Waals surface area contributed by atoms with Crippen LogP contribution in [-0.4, -0.2) is 97.8 Å². The first kappa shape index (κ1) is 41.5. The summed E-state index contributed by atoms with van der Waals surface area (Å²) in [5, 5.41) is 17.7. The molecule has 5 aromatic carbocycles. The van der Waals surface area contributed by atoms with E-state index in [9.17, 15) is 23.1 Å². The highest BCUT2D eigenvalue weighted by Crippen LogP contribution is 2.28. The number of carbonyl (C=O) groups excluding carboxylic acids is 1. The summed E-state index contributed by atoms with van der Waals surface area (Å²) in [6.45, 7) is 10.7. The van der Waals surface area contributed by atoms with Crippen molar-refractivity contribution in [3.63, 3.8) is 0 Å². The topological polar surface area (TPSA) is 152 Å². The predicted molar refractivity (Wildman–Crippen MR) is 222 cm³/mol. The normalized spacial score (nSPS) is 11.6. The third-order valence-corrected chi connectivity index (χ3v) is 11.4. The second kappa shape index (κ2) is 20.3. The van der Waals surface area contributed by atoms with Crippen molar-refractivity contribution >= 4 is 59.1 Å². The smallest absolute Gasteiger partial charge is 0.305 e. The molecule has 0 saturated carbocycles. The van der Waals surface area contributed by atoms with Crippen molar-refractivity contribution in [2.75, 3.05) is 59.0 Å². The van der Waals surface area contributed by atoms with Gasteiger partial charge in [0.05, 0.1) is 29.2 Å². The van der Waals surface area contributed by atoms with Crippen molar-refractivity contribution in [3.8, 4) is 5.75 Å². The van der Waals surface area contributed by atoms with Crippen LogP contribution in [0, 0.1) is 0 Å². The van der Waals surface area contributed by atoms with Crippen molar-refractivity contribution in [1.29, 1.82) is 0 Å². The molecule has 6 rings (SSSR count). The number of aromatic hydroxyl groups is 1. The van der Waals surface area contributed by atoms with Gasteiger partial charge in [-0.25, -0.2) is 0 Å². The van der Waals surface area contributed by atoms with E-state index >= 15 is 0 Å². The highest BCUT2D eigenvalue weighted by Gasteiger charge is 2.15. The molecule has 0 fully saturated rings. The lowest BCUT2D eigenvalue weighted by molar-refractivity contribution is -0.132. The number of thiazole rings is 1. The lowest BCUT2D eigenvalue weighted by atomic mass is 10.0. The molecule has 6 aromatic rings. The fourth-order valence-electron chi connectivity index (χ4n) is 6.44. The summed E-state index contributed by atoms with van der Waals surface area (Å²) in [6.07, 6.45) is 1.91. The van der Waals surface area contributed by atoms with E-state index in [-0.39, 0.29) is 21.4 Å². The summed E-state index contributed by atoms with van der Waals surface area (Å²) in [6, 6.07) is 30.1. The molecule has 1 amide bonds. The third-order valence-electron chi connectivity index (χ3n) is 9.58. The van der Waals surface area contributed by atoms with Crippen molar-refractivity contribution in [2.45, 2.75) is 38.0 Å². The number of phenolic OH excluding ortho intramolecular Hbond substituents is 1. The Kier molecular flexibility index (Phi) is 15.4. The number of phenols is 1. The fraction of sp³-hybridized carbons (Fsp3) is 0.333. The Morgan fingerprint density at radius 1 is 0.800 bits per heavy atom. The number of nitrogens with one attached hydrogen (secondary N) is 2. The zero-order valence-electron chi connectivity index (χ0n) is 31.4. The number of fused-ring (bicyclic) bond motifs is 3. The zero-order chi connectivity index (χ0) is 39.2. The summed E-state index contributed by atoms with van der Waals surface area (Å²) in [5.41, 5.74) is 2.79. The number of ether oxygens (including phenoxy) is 1. The van der Waals surface area contributed by atoms with Crippen LogP contribution >= 0.6 is 11.3 Å². The van der Waals surface area contributed by atoms with Crippen LogP contribution in [0.4, 0.5) is 0 Å². The maximum atomic E-state index is 13.2. The number of benzene rings is 5. The van der Waals surface area contributed by atoms with Crippen molar-refractivity contribution in [2.24, 2.45) is 0 Å². The molecule has 0 spiro atoms. The quantitative estimate of drug-likeness (QED) is 0.0567.